The summed E-state index contributed by atoms with van der Waals surface area (Å²) in [5.41, 5.74) is 0.0598. The van der Waals surface area contributed by atoms with Crippen molar-refractivity contribution in [2.24, 2.45) is 17.3 Å². The van der Waals surface area contributed by atoms with Gasteiger partial charge in [0.2, 0.25) is 0 Å². The van der Waals surface area contributed by atoms with E-state index in [9.17, 15) is 9.90 Å². The van der Waals surface area contributed by atoms with Crippen molar-refractivity contribution in [3.63, 3.8) is 0 Å². The molecule has 0 radical (unpaired) electrons. The Hall–Kier alpha value is -0.830. The topological polar surface area (TPSA) is 57.5 Å². The number of aliphatic hydroxyl groups is 1. The van der Waals surface area contributed by atoms with E-state index in [0.717, 1.165) is 25.7 Å². The Kier molecular flexibility index (Phi) is 3.30. The van der Waals surface area contributed by atoms with Crippen LogP contribution in [-0.4, -0.2) is 21.8 Å². The maximum atomic E-state index is 11.1. The SMILES string of the molecule is CC1(C)CCC(C)(O)C2CCC(C(=O)O)=CC2C1. The molecule has 0 spiro atoms. The van der Waals surface area contributed by atoms with Gasteiger partial charge in [0, 0.05) is 5.57 Å². The molecule has 3 heteroatoms. The number of hydrogen-bond donors (Lipinski definition) is 2. The van der Waals surface area contributed by atoms with Crippen molar-refractivity contribution < 1.29 is 15.0 Å². The highest BCUT2D eigenvalue weighted by atomic mass is 16.4. The molecule has 0 saturated heterocycles. The number of aliphatic carboxylic acids is 1. The fourth-order valence-electron chi connectivity index (χ4n) is 3.65. The Balaban J connectivity index is 2.32. The van der Waals surface area contributed by atoms with Crippen LogP contribution in [0.1, 0.15) is 52.9 Å². The first-order valence-electron chi connectivity index (χ1n) is 6.88. The van der Waals surface area contributed by atoms with Crippen LogP contribution in [0.5, 0.6) is 0 Å². The molecule has 2 rings (SSSR count). The largest absolute Gasteiger partial charge is 0.478 e. The number of carboxylic acid groups (broad SMARTS) is 1. The molecule has 0 bridgehead atoms. The van der Waals surface area contributed by atoms with Crippen molar-refractivity contribution >= 4 is 5.97 Å². The highest BCUT2D eigenvalue weighted by Gasteiger charge is 2.44. The molecule has 18 heavy (non-hydrogen) atoms. The van der Waals surface area contributed by atoms with Gasteiger partial charge in [0.1, 0.15) is 0 Å². The van der Waals surface area contributed by atoms with Gasteiger partial charge in [-0.05, 0) is 56.3 Å². The monoisotopic (exact) mass is 252 g/mol. The molecule has 1 fully saturated rings. The van der Waals surface area contributed by atoms with E-state index >= 15 is 0 Å². The van der Waals surface area contributed by atoms with E-state index in [1.807, 2.05) is 13.0 Å². The molecule has 2 N–H and O–H groups in total. The second-order valence-corrected chi connectivity index (χ2v) is 7.03. The van der Waals surface area contributed by atoms with Crippen molar-refractivity contribution in [2.75, 3.05) is 0 Å². The lowest BCUT2D eigenvalue weighted by molar-refractivity contribution is -0.133. The standard InChI is InChI=1S/C15H24O3/c1-14(2)6-7-15(3,18)12-5-4-10(13(16)17)8-11(12)9-14/h8,11-12,18H,4-7,9H2,1-3H3,(H,16,17). The van der Waals surface area contributed by atoms with Crippen LogP contribution < -0.4 is 0 Å². The summed E-state index contributed by atoms with van der Waals surface area (Å²) >= 11 is 0. The number of carbonyl (C=O) groups is 1. The first-order valence-corrected chi connectivity index (χ1v) is 6.88. The Morgan fingerprint density at radius 3 is 2.61 bits per heavy atom. The Labute approximate surface area is 109 Å². The van der Waals surface area contributed by atoms with Gasteiger partial charge >= 0.3 is 5.97 Å². The fraction of sp³-hybridized carbons (Fsp3) is 0.800. The van der Waals surface area contributed by atoms with Crippen LogP contribution in [0.15, 0.2) is 11.6 Å². The molecule has 2 aliphatic carbocycles. The lowest BCUT2D eigenvalue weighted by Gasteiger charge is -2.38. The molecule has 0 aromatic rings. The van der Waals surface area contributed by atoms with Gasteiger partial charge in [0.25, 0.3) is 0 Å². The predicted molar refractivity (Wildman–Crippen MR) is 70.2 cm³/mol. The molecule has 0 aliphatic heterocycles. The molecule has 3 nitrogen and oxygen atoms in total. The third kappa shape index (κ3) is 2.61. The van der Waals surface area contributed by atoms with Crippen LogP contribution in [0.3, 0.4) is 0 Å². The minimum Gasteiger partial charge on any atom is -0.478 e. The minimum atomic E-state index is -0.796. The molecule has 2 aliphatic rings. The third-order valence-electron chi connectivity index (χ3n) is 4.83. The molecule has 0 heterocycles. The number of hydrogen-bond acceptors (Lipinski definition) is 2. The highest BCUT2D eigenvalue weighted by Crippen LogP contribution is 2.48. The van der Waals surface area contributed by atoms with E-state index in [1.165, 1.54) is 0 Å². The van der Waals surface area contributed by atoms with Crippen LogP contribution in [0.4, 0.5) is 0 Å². The fourth-order valence-corrected chi connectivity index (χ4v) is 3.65. The molecular weight excluding hydrogens is 228 g/mol. The molecular formula is C15H24O3. The quantitative estimate of drug-likeness (QED) is 0.754. The second kappa shape index (κ2) is 4.37. The van der Waals surface area contributed by atoms with Gasteiger partial charge in [-0.15, -0.1) is 0 Å². The van der Waals surface area contributed by atoms with E-state index in [-0.39, 0.29) is 17.3 Å². The van der Waals surface area contributed by atoms with E-state index in [4.69, 9.17) is 5.11 Å². The smallest absolute Gasteiger partial charge is 0.331 e. The van der Waals surface area contributed by atoms with Gasteiger partial charge in [-0.2, -0.15) is 0 Å². The molecule has 1 saturated carbocycles. The summed E-state index contributed by atoms with van der Waals surface area (Å²) < 4.78 is 0. The average Bonchev–Trinajstić information content (AvgIpc) is 2.34. The van der Waals surface area contributed by atoms with Gasteiger partial charge in [-0.25, -0.2) is 4.79 Å². The molecule has 0 aromatic carbocycles. The molecule has 0 aromatic heterocycles. The third-order valence-corrected chi connectivity index (χ3v) is 4.83. The van der Waals surface area contributed by atoms with Crippen LogP contribution in [0.25, 0.3) is 0 Å². The van der Waals surface area contributed by atoms with Crippen molar-refractivity contribution in [2.45, 2.75) is 58.5 Å². The summed E-state index contributed by atoms with van der Waals surface area (Å²) in [4.78, 5) is 11.1. The van der Waals surface area contributed by atoms with Crippen molar-refractivity contribution in [1.29, 1.82) is 0 Å². The highest BCUT2D eigenvalue weighted by molar-refractivity contribution is 5.86. The van der Waals surface area contributed by atoms with Crippen LogP contribution in [0.2, 0.25) is 0 Å². The lowest BCUT2D eigenvalue weighted by Crippen LogP contribution is -2.39. The second-order valence-electron chi connectivity index (χ2n) is 7.03. The summed E-state index contributed by atoms with van der Waals surface area (Å²) in [6.07, 6.45) is 6.10. The van der Waals surface area contributed by atoms with Gasteiger partial charge in [-0.1, -0.05) is 19.9 Å². The number of fused-ring (bicyclic) bond motifs is 1. The molecule has 0 amide bonds. The zero-order chi connectivity index (χ0) is 13.6. The molecule has 102 valence electrons. The summed E-state index contributed by atoms with van der Waals surface area (Å²) in [5.74, 6) is -0.380. The lowest BCUT2D eigenvalue weighted by atomic mass is 9.70. The minimum absolute atomic E-state index is 0.181. The molecule has 3 unspecified atom stereocenters. The Morgan fingerprint density at radius 1 is 1.33 bits per heavy atom. The van der Waals surface area contributed by atoms with Gasteiger partial charge in [0.15, 0.2) is 0 Å². The maximum Gasteiger partial charge on any atom is 0.331 e. The van der Waals surface area contributed by atoms with Crippen LogP contribution in [0, 0.1) is 17.3 Å². The average molecular weight is 252 g/mol. The summed E-state index contributed by atoms with van der Waals surface area (Å²) in [7, 11) is 0. The van der Waals surface area contributed by atoms with Gasteiger partial charge < -0.3 is 10.2 Å². The number of rotatable bonds is 1. The Bertz CT molecular complexity index is 379. The normalized spacial score (nSPS) is 39.4. The zero-order valence-corrected chi connectivity index (χ0v) is 11.6. The van der Waals surface area contributed by atoms with E-state index < -0.39 is 11.6 Å². The zero-order valence-electron chi connectivity index (χ0n) is 11.6. The maximum absolute atomic E-state index is 11.1. The number of carboxylic acids is 1. The van der Waals surface area contributed by atoms with Crippen molar-refractivity contribution in [3.05, 3.63) is 11.6 Å². The molecule has 3 atom stereocenters. The van der Waals surface area contributed by atoms with E-state index in [2.05, 4.69) is 13.8 Å². The first kappa shape index (κ1) is 13.6. The van der Waals surface area contributed by atoms with E-state index in [1.54, 1.807) is 0 Å². The predicted octanol–water partition coefficient (Wildman–Crippen LogP) is 2.98. The van der Waals surface area contributed by atoms with Gasteiger partial charge in [0.05, 0.1) is 5.60 Å². The number of allylic oxidation sites excluding steroid dienone is 1. The summed E-state index contributed by atoms with van der Waals surface area (Å²) in [6.45, 7) is 6.36. The summed E-state index contributed by atoms with van der Waals surface area (Å²) in [6, 6.07) is 0. The van der Waals surface area contributed by atoms with Crippen LogP contribution >= 0.6 is 0 Å². The van der Waals surface area contributed by atoms with Crippen molar-refractivity contribution in [1.82, 2.24) is 0 Å². The van der Waals surface area contributed by atoms with Crippen molar-refractivity contribution in [3.8, 4) is 0 Å². The first-order chi connectivity index (χ1) is 8.21. The summed E-state index contributed by atoms with van der Waals surface area (Å²) in [5, 5.41) is 19.8. The van der Waals surface area contributed by atoms with E-state index in [0.29, 0.717) is 12.0 Å². The Morgan fingerprint density at radius 2 is 2.00 bits per heavy atom. The van der Waals surface area contributed by atoms with Gasteiger partial charge in [-0.3, -0.25) is 0 Å². The van der Waals surface area contributed by atoms with Crippen LogP contribution in [-0.2, 0) is 4.79 Å².